The van der Waals surface area contributed by atoms with Gasteiger partial charge in [0.25, 0.3) is 6.43 Å². The van der Waals surface area contributed by atoms with Gasteiger partial charge in [0.15, 0.2) is 0 Å². The molecule has 1 aromatic rings. The van der Waals surface area contributed by atoms with Crippen molar-refractivity contribution in [2.75, 3.05) is 0 Å². The molecular formula is C9H6BrF2IN2. The number of aromatic nitrogens is 1. The Morgan fingerprint density at radius 2 is 2.27 bits per heavy atom. The molecule has 0 spiro atoms. The number of halogens is 4. The SMILES string of the molecule is N#CCc1ncc(CBr)c(I)c1C(F)F. The van der Waals surface area contributed by atoms with Gasteiger partial charge in [0.2, 0.25) is 0 Å². The Bertz CT molecular complexity index is 404. The highest BCUT2D eigenvalue weighted by Crippen LogP contribution is 2.30. The average Bonchev–Trinajstić information content (AvgIpc) is 2.18. The Labute approximate surface area is 108 Å². The first kappa shape index (κ1) is 12.8. The van der Waals surface area contributed by atoms with Gasteiger partial charge in [-0.05, 0) is 28.2 Å². The summed E-state index contributed by atoms with van der Waals surface area (Å²) in [6.07, 6.45) is -1.15. The molecule has 0 atom stereocenters. The van der Waals surface area contributed by atoms with Gasteiger partial charge in [0, 0.05) is 15.1 Å². The average molecular weight is 387 g/mol. The zero-order chi connectivity index (χ0) is 11.4. The summed E-state index contributed by atoms with van der Waals surface area (Å²) in [6.45, 7) is 0. The fraction of sp³-hybridized carbons (Fsp3) is 0.333. The Hall–Kier alpha value is -0.290. The summed E-state index contributed by atoms with van der Waals surface area (Å²) >= 11 is 5.06. The Balaban J connectivity index is 3.32. The van der Waals surface area contributed by atoms with Crippen molar-refractivity contribution >= 4 is 38.5 Å². The zero-order valence-corrected chi connectivity index (χ0v) is 11.2. The number of nitrogens with zero attached hydrogens (tertiary/aromatic N) is 2. The van der Waals surface area contributed by atoms with Crippen molar-refractivity contribution in [3.63, 3.8) is 0 Å². The predicted octanol–water partition coefficient (Wildman–Crippen LogP) is 3.58. The van der Waals surface area contributed by atoms with Gasteiger partial charge in [-0.3, -0.25) is 4.98 Å². The molecule has 0 aliphatic rings. The number of pyridine rings is 1. The number of hydrogen-bond acceptors (Lipinski definition) is 2. The van der Waals surface area contributed by atoms with Crippen LogP contribution in [0.1, 0.15) is 23.2 Å². The lowest BCUT2D eigenvalue weighted by atomic mass is 10.1. The van der Waals surface area contributed by atoms with Gasteiger partial charge in [-0.15, -0.1) is 0 Å². The molecule has 15 heavy (non-hydrogen) atoms. The standard InChI is InChI=1S/C9H6BrF2IN2/c10-3-5-4-15-6(1-2-14)7(8(5)13)9(11)12/h4,9H,1,3H2. The van der Waals surface area contributed by atoms with Crippen molar-refractivity contribution in [3.8, 4) is 6.07 Å². The number of nitriles is 1. The van der Waals surface area contributed by atoms with Crippen LogP contribution in [0.5, 0.6) is 0 Å². The maximum Gasteiger partial charge on any atom is 0.266 e. The van der Waals surface area contributed by atoms with E-state index in [2.05, 4.69) is 20.9 Å². The van der Waals surface area contributed by atoms with Crippen molar-refractivity contribution < 1.29 is 8.78 Å². The summed E-state index contributed by atoms with van der Waals surface area (Å²) in [7, 11) is 0. The van der Waals surface area contributed by atoms with Crippen LogP contribution in [0.2, 0.25) is 0 Å². The van der Waals surface area contributed by atoms with Crippen molar-refractivity contribution in [1.29, 1.82) is 5.26 Å². The molecule has 1 rings (SSSR count). The lowest BCUT2D eigenvalue weighted by molar-refractivity contribution is 0.148. The van der Waals surface area contributed by atoms with Crippen LogP contribution in [0, 0.1) is 14.9 Å². The van der Waals surface area contributed by atoms with Crippen LogP contribution in [0.4, 0.5) is 8.78 Å². The normalized spacial score (nSPS) is 10.4. The third-order valence-electron chi connectivity index (χ3n) is 1.81. The molecule has 0 saturated carbocycles. The van der Waals surface area contributed by atoms with Gasteiger partial charge in [-0.1, -0.05) is 15.9 Å². The summed E-state index contributed by atoms with van der Waals surface area (Å²) in [4.78, 5) is 3.88. The molecule has 0 fully saturated rings. The third kappa shape index (κ3) is 2.84. The van der Waals surface area contributed by atoms with Gasteiger partial charge in [-0.2, -0.15) is 5.26 Å². The Morgan fingerprint density at radius 3 is 2.73 bits per heavy atom. The van der Waals surface area contributed by atoms with E-state index in [0.717, 1.165) is 0 Å². The molecule has 0 unspecified atom stereocenters. The Kier molecular flexibility index (Phi) is 4.86. The summed E-state index contributed by atoms with van der Waals surface area (Å²) in [5, 5.41) is 8.97. The minimum atomic E-state index is -2.59. The maximum absolute atomic E-state index is 12.8. The number of rotatable bonds is 3. The maximum atomic E-state index is 12.8. The second kappa shape index (κ2) is 5.70. The summed E-state index contributed by atoms with van der Waals surface area (Å²) in [5.41, 5.74) is 0.767. The largest absolute Gasteiger partial charge is 0.266 e. The predicted molar refractivity (Wildman–Crippen MR) is 63.9 cm³/mol. The van der Waals surface area contributed by atoms with E-state index in [1.54, 1.807) is 0 Å². The van der Waals surface area contributed by atoms with E-state index in [0.29, 0.717) is 14.5 Å². The topological polar surface area (TPSA) is 36.7 Å². The minimum absolute atomic E-state index is 0.0851. The molecule has 1 aromatic heterocycles. The van der Waals surface area contributed by atoms with Crippen LogP contribution in [-0.2, 0) is 11.8 Å². The van der Waals surface area contributed by atoms with Crippen LogP contribution in [0.15, 0.2) is 6.20 Å². The molecule has 6 heteroatoms. The highest BCUT2D eigenvalue weighted by atomic mass is 127. The third-order valence-corrected chi connectivity index (χ3v) is 3.69. The molecular weight excluding hydrogens is 381 g/mol. The molecule has 0 aliphatic heterocycles. The highest BCUT2D eigenvalue weighted by molar-refractivity contribution is 14.1. The quantitative estimate of drug-likeness (QED) is 0.588. The van der Waals surface area contributed by atoms with Crippen molar-refractivity contribution in [2.24, 2.45) is 0 Å². The molecule has 2 nitrogen and oxygen atoms in total. The monoisotopic (exact) mass is 386 g/mol. The molecule has 0 bridgehead atoms. The molecule has 0 radical (unpaired) electrons. The zero-order valence-electron chi connectivity index (χ0n) is 7.48. The van der Waals surface area contributed by atoms with Crippen LogP contribution in [0.3, 0.4) is 0 Å². The first-order valence-electron chi connectivity index (χ1n) is 3.99. The highest BCUT2D eigenvalue weighted by Gasteiger charge is 2.20. The molecule has 80 valence electrons. The smallest absolute Gasteiger partial charge is 0.259 e. The van der Waals surface area contributed by atoms with E-state index in [4.69, 9.17) is 5.26 Å². The van der Waals surface area contributed by atoms with Crippen LogP contribution < -0.4 is 0 Å². The van der Waals surface area contributed by atoms with Gasteiger partial charge in [0.05, 0.1) is 23.7 Å². The van der Waals surface area contributed by atoms with Gasteiger partial charge < -0.3 is 0 Å². The first-order valence-corrected chi connectivity index (χ1v) is 6.19. The van der Waals surface area contributed by atoms with Crippen molar-refractivity contribution in [3.05, 3.63) is 26.6 Å². The van der Waals surface area contributed by atoms with E-state index >= 15 is 0 Å². The second-order valence-electron chi connectivity index (χ2n) is 2.73. The first-order chi connectivity index (χ1) is 7.11. The lowest BCUT2D eigenvalue weighted by Gasteiger charge is -2.10. The van der Waals surface area contributed by atoms with Gasteiger partial charge in [0.1, 0.15) is 0 Å². The molecule has 0 aromatic carbocycles. The Morgan fingerprint density at radius 1 is 1.60 bits per heavy atom. The summed E-state index contributed by atoms with van der Waals surface area (Å²) < 4.78 is 26.0. The number of alkyl halides is 3. The van der Waals surface area contributed by atoms with E-state index < -0.39 is 6.43 Å². The molecule has 0 amide bonds. The molecule has 0 N–H and O–H groups in total. The van der Waals surface area contributed by atoms with Gasteiger partial charge >= 0.3 is 0 Å². The minimum Gasteiger partial charge on any atom is -0.259 e. The van der Waals surface area contributed by atoms with Gasteiger partial charge in [-0.25, -0.2) is 8.78 Å². The molecule has 0 saturated heterocycles. The summed E-state index contributed by atoms with van der Waals surface area (Å²) in [6, 6.07) is 1.83. The summed E-state index contributed by atoms with van der Waals surface area (Å²) in [5.74, 6) is 0. The van der Waals surface area contributed by atoms with Crippen LogP contribution >= 0.6 is 38.5 Å². The second-order valence-corrected chi connectivity index (χ2v) is 4.37. The van der Waals surface area contributed by atoms with E-state index in [-0.39, 0.29) is 17.7 Å². The fourth-order valence-corrected chi connectivity index (χ4v) is 2.94. The van der Waals surface area contributed by atoms with Crippen LogP contribution in [0.25, 0.3) is 0 Å². The van der Waals surface area contributed by atoms with E-state index in [1.165, 1.54) is 6.20 Å². The van der Waals surface area contributed by atoms with Crippen molar-refractivity contribution in [2.45, 2.75) is 18.2 Å². The fourth-order valence-electron chi connectivity index (χ4n) is 1.11. The lowest BCUT2D eigenvalue weighted by Crippen LogP contribution is -2.04. The van der Waals surface area contributed by atoms with Crippen LogP contribution in [-0.4, -0.2) is 4.98 Å². The molecule has 0 aliphatic carbocycles. The molecule has 1 heterocycles. The van der Waals surface area contributed by atoms with E-state index in [1.807, 2.05) is 28.7 Å². The van der Waals surface area contributed by atoms with Crippen molar-refractivity contribution in [1.82, 2.24) is 4.98 Å². The number of hydrogen-bond donors (Lipinski definition) is 0. The van der Waals surface area contributed by atoms with E-state index in [9.17, 15) is 8.78 Å².